The van der Waals surface area contributed by atoms with Gasteiger partial charge in [0.2, 0.25) is 0 Å². The number of hydrogen-bond donors (Lipinski definition) is 1. The van der Waals surface area contributed by atoms with Crippen LogP contribution in [0.5, 0.6) is 5.75 Å². The lowest BCUT2D eigenvalue weighted by Crippen LogP contribution is -2.04. The second kappa shape index (κ2) is 6.19. The van der Waals surface area contributed by atoms with Gasteiger partial charge in [0.15, 0.2) is 5.58 Å². The Balaban J connectivity index is 1.80. The standard InChI is InChI=1S/C16H12BrNO4/c17-12-8-11(18-13-5-6-21-16(12)13)9-22-14-4-2-1-3-10(14)7-15(19)20/h1-6,8H,7,9H2,(H,19,20). The molecular formula is C16H12BrNO4. The molecule has 0 aliphatic heterocycles. The Bertz CT molecular complexity index is 828. The van der Waals surface area contributed by atoms with Crippen molar-refractivity contribution in [3.05, 3.63) is 58.4 Å². The number of carboxylic acids is 1. The maximum absolute atomic E-state index is 10.9. The highest BCUT2D eigenvalue weighted by Gasteiger charge is 2.10. The van der Waals surface area contributed by atoms with Gasteiger partial charge in [-0.25, -0.2) is 4.98 Å². The number of halogens is 1. The lowest BCUT2D eigenvalue weighted by Gasteiger charge is -2.10. The van der Waals surface area contributed by atoms with E-state index in [1.54, 1.807) is 30.5 Å². The molecule has 2 aromatic heterocycles. The van der Waals surface area contributed by atoms with E-state index in [4.69, 9.17) is 14.3 Å². The Morgan fingerprint density at radius 2 is 2.14 bits per heavy atom. The fourth-order valence-electron chi connectivity index (χ4n) is 2.15. The number of carbonyl (C=O) groups is 1. The predicted molar refractivity (Wildman–Crippen MR) is 83.8 cm³/mol. The van der Waals surface area contributed by atoms with Crippen LogP contribution in [0.3, 0.4) is 0 Å². The SMILES string of the molecule is O=C(O)Cc1ccccc1OCc1cc(Br)c2occc2n1. The first-order valence-corrected chi connectivity index (χ1v) is 7.38. The van der Waals surface area contributed by atoms with E-state index in [9.17, 15) is 4.79 Å². The molecular weight excluding hydrogens is 350 g/mol. The number of aliphatic carboxylic acids is 1. The molecule has 1 aromatic carbocycles. The van der Waals surface area contributed by atoms with Gasteiger partial charge in [-0.2, -0.15) is 0 Å². The van der Waals surface area contributed by atoms with Gasteiger partial charge in [-0.1, -0.05) is 18.2 Å². The van der Waals surface area contributed by atoms with E-state index in [2.05, 4.69) is 20.9 Å². The van der Waals surface area contributed by atoms with E-state index in [1.807, 2.05) is 12.1 Å². The number of nitrogens with zero attached hydrogens (tertiary/aromatic N) is 1. The van der Waals surface area contributed by atoms with Crippen LogP contribution < -0.4 is 4.74 Å². The maximum atomic E-state index is 10.9. The number of aromatic nitrogens is 1. The van der Waals surface area contributed by atoms with Crippen LogP contribution in [-0.2, 0) is 17.8 Å². The third-order valence-corrected chi connectivity index (χ3v) is 3.70. The minimum absolute atomic E-state index is 0.0753. The summed E-state index contributed by atoms with van der Waals surface area (Å²) in [6.07, 6.45) is 1.50. The lowest BCUT2D eigenvalue weighted by atomic mass is 10.1. The summed E-state index contributed by atoms with van der Waals surface area (Å²) in [5.41, 5.74) is 2.80. The van der Waals surface area contributed by atoms with Crippen molar-refractivity contribution in [1.29, 1.82) is 0 Å². The molecule has 0 saturated heterocycles. The van der Waals surface area contributed by atoms with Crippen LogP contribution in [-0.4, -0.2) is 16.1 Å². The zero-order chi connectivity index (χ0) is 15.5. The summed E-state index contributed by atoms with van der Waals surface area (Å²) >= 11 is 3.43. The Kier molecular flexibility index (Phi) is 4.11. The first-order valence-electron chi connectivity index (χ1n) is 6.58. The number of fused-ring (bicyclic) bond motifs is 1. The van der Waals surface area contributed by atoms with Crippen molar-refractivity contribution in [1.82, 2.24) is 4.98 Å². The molecule has 0 saturated carbocycles. The van der Waals surface area contributed by atoms with Gasteiger partial charge < -0.3 is 14.3 Å². The molecule has 0 amide bonds. The summed E-state index contributed by atoms with van der Waals surface area (Å²) in [4.78, 5) is 15.3. The lowest BCUT2D eigenvalue weighted by molar-refractivity contribution is -0.136. The monoisotopic (exact) mass is 361 g/mol. The average Bonchev–Trinajstić information content (AvgIpc) is 2.95. The van der Waals surface area contributed by atoms with Crippen molar-refractivity contribution in [2.24, 2.45) is 0 Å². The summed E-state index contributed by atoms with van der Waals surface area (Å²) in [6.45, 7) is 0.246. The third kappa shape index (κ3) is 3.12. The zero-order valence-electron chi connectivity index (χ0n) is 11.5. The van der Waals surface area contributed by atoms with Gasteiger partial charge in [-0.15, -0.1) is 0 Å². The smallest absolute Gasteiger partial charge is 0.307 e. The molecule has 5 nitrogen and oxygen atoms in total. The van der Waals surface area contributed by atoms with Crippen LogP contribution in [0.25, 0.3) is 11.1 Å². The van der Waals surface area contributed by atoms with Crippen molar-refractivity contribution in [3.63, 3.8) is 0 Å². The number of hydrogen-bond acceptors (Lipinski definition) is 4. The molecule has 0 spiro atoms. The first-order chi connectivity index (χ1) is 10.6. The highest BCUT2D eigenvalue weighted by molar-refractivity contribution is 9.10. The molecule has 2 heterocycles. The quantitative estimate of drug-likeness (QED) is 0.748. The van der Waals surface area contributed by atoms with Crippen molar-refractivity contribution >= 4 is 33.0 Å². The average molecular weight is 362 g/mol. The van der Waals surface area contributed by atoms with Crippen LogP contribution >= 0.6 is 15.9 Å². The minimum atomic E-state index is -0.892. The minimum Gasteiger partial charge on any atom is -0.487 e. The van der Waals surface area contributed by atoms with Crippen molar-refractivity contribution in [2.75, 3.05) is 0 Å². The number of carboxylic acid groups (broad SMARTS) is 1. The van der Waals surface area contributed by atoms with Gasteiger partial charge in [0.05, 0.1) is 22.9 Å². The fraction of sp³-hybridized carbons (Fsp3) is 0.125. The van der Waals surface area contributed by atoms with Gasteiger partial charge in [0.1, 0.15) is 17.9 Å². The van der Waals surface area contributed by atoms with Crippen molar-refractivity contribution in [3.8, 4) is 5.75 Å². The number of pyridine rings is 1. The van der Waals surface area contributed by atoms with Crippen LogP contribution in [0.4, 0.5) is 0 Å². The third-order valence-electron chi connectivity index (χ3n) is 3.11. The van der Waals surface area contributed by atoms with E-state index < -0.39 is 5.97 Å². The molecule has 0 aliphatic rings. The van der Waals surface area contributed by atoms with Crippen LogP contribution in [0, 0.1) is 0 Å². The zero-order valence-corrected chi connectivity index (χ0v) is 13.0. The van der Waals surface area contributed by atoms with E-state index in [0.29, 0.717) is 16.9 Å². The second-order valence-electron chi connectivity index (χ2n) is 4.70. The van der Waals surface area contributed by atoms with Crippen LogP contribution in [0.1, 0.15) is 11.3 Å². The molecule has 22 heavy (non-hydrogen) atoms. The molecule has 0 atom stereocenters. The molecule has 3 aromatic rings. The van der Waals surface area contributed by atoms with Gasteiger partial charge in [-0.3, -0.25) is 4.79 Å². The highest BCUT2D eigenvalue weighted by Crippen LogP contribution is 2.25. The summed E-state index contributed by atoms with van der Waals surface area (Å²) in [6, 6.07) is 10.7. The Morgan fingerprint density at radius 3 is 2.95 bits per heavy atom. The van der Waals surface area contributed by atoms with Gasteiger partial charge in [-0.05, 0) is 28.1 Å². The summed E-state index contributed by atoms with van der Waals surface area (Å²) < 4.78 is 11.8. The van der Waals surface area contributed by atoms with E-state index in [1.165, 1.54) is 0 Å². The number of ether oxygens (including phenoxy) is 1. The Labute approximate surface area is 134 Å². The summed E-state index contributed by atoms with van der Waals surface area (Å²) in [5.74, 6) is -0.341. The van der Waals surface area contributed by atoms with Gasteiger partial charge in [0.25, 0.3) is 0 Å². The molecule has 0 fully saturated rings. The largest absolute Gasteiger partial charge is 0.487 e. The van der Waals surface area contributed by atoms with Crippen molar-refractivity contribution in [2.45, 2.75) is 13.0 Å². The molecule has 0 unspecified atom stereocenters. The van der Waals surface area contributed by atoms with Gasteiger partial charge >= 0.3 is 5.97 Å². The second-order valence-corrected chi connectivity index (χ2v) is 5.55. The summed E-state index contributed by atoms with van der Waals surface area (Å²) in [5, 5.41) is 8.92. The highest BCUT2D eigenvalue weighted by atomic mass is 79.9. The number of rotatable bonds is 5. The molecule has 0 radical (unpaired) electrons. The van der Waals surface area contributed by atoms with Gasteiger partial charge in [0, 0.05) is 11.6 Å². The fourth-order valence-corrected chi connectivity index (χ4v) is 2.71. The molecule has 0 aliphatic carbocycles. The molecule has 3 rings (SSSR count). The van der Waals surface area contributed by atoms with E-state index in [-0.39, 0.29) is 13.0 Å². The van der Waals surface area contributed by atoms with E-state index in [0.717, 1.165) is 15.7 Å². The Morgan fingerprint density at radius 1 is 1.32 bits per heavy atom. The molecule has 0 bridgehead atoms. The molecule has 1 N–H and O–H groups in total. The number of para-hydroxylation sites is 1. The predicted octanol–water partition coefficient (Wildman–Crippen LogP) is 3.80. The topological polar surface area (TPSA) is 72.6 Å². The first kappa shape index (κ1) is 14.6. The van der Waals surface area contributed by atoms with E-state index >= 15 is 0 Å². The summed E-state index contributed by atoms with van der Waals surface area (Å²) in [7, 11) is 0. The number of furan rings is 1. The molecule has 6 heteroatoms. The normalized spacial score (nSPS) is 10.8. The van der Waals surface area contributed by atoms with Crippen molar-refractivity contribution < 1.29 is 19.1 Å². The molecule has 112 valence electrons. The number of benzene rings is 1. The van der Waals surface area contributed by atoms with Crippen LogP contribution in [0.2, 0.25) is 0 Å². The van der Waals surface area contributed by atoms with Crippen LogP contribution in [0.15, 0.2) is 51.6 Å². The maximum Gasteiger partial charge on any atom is 0.307 e. The Hall–Kier alpha value is -2.34.